The van der Waals surface area contributed by atoms with Crippen LogP contribution in [0.2, 0.25) is 0 Å². The van der Waals surface area contributed by atoms with Crippen LogP contribution in [0.5, 0.6) is 0 Å². The minimum absolute atomic E-state index is 0.0774. The van der Waals surface area contributed by atoms with Gasteiger partial charge in [-0.2, -0.15) is 0 Å². The summed E-state index contributed by atoms with van der Waals surface area (Å²) >= 11 is 0. The average Bonchev–Trinajstić information content (AvgIpc) is 3.99. The Hall–Kier alpha value is -6.55. The second kappa shape index (κ2) is 12.0. The zero-order chi connectivity index (χ0) is 39.6. The fraction of sp³-hybridized carbons (Fsp3) is 0.255. The Bertz CT molecular complexity index is 3110. The predicted octanol–water partition coefficient (Wildman–Crippen LogP) is 11.2. The van der Waals surface area contributed by atoms with Crippen LogP contribution in [0.25, 0.3) is 101 Å². The number of aromatic amines is 3. The molecule has 0 spiro atoms. The highest BCUT2D eigenvalue weighted by Crippen LogP contribution is 2.40. The summed E-state index contributed by atoms with van der Waals surface area (Å²) in [7, 11) is 0. The molecule has 0 amide bonds. The zero-order valence-electron chi connectivity index (χ0n) is 33.7. The van der Waals surface area contributed by atoms with Crippen molar-refractivity contribution in [2.75, 3.05) is 0 Å². The third kappa shape index (κ3) is 5.81. The third-order valence-electron chi connectivity index (χ3n) is 11.2. The summed E-state index contributed by atoms with van der Waals surface area (Å²) in [4.78, 5) is 46.5. The van der Waals surface area contributed by atoms with Crippen molar-refractivity contribution in [3.63, 3.8) is 0 Å². The van der Waals surface area contributed by atoms with Crippen LogP contribution in [0.1, 0.15) is 79.0 Å². The van der Waals surface area contributed by atoms with E-state index in [4.69, 9.17) is 29.9 Å². The maximum atomic E-state index is 5.31. The molecule has 0 aliphatic carbocycles. The van der Waals surface area contributed by atoms with E-state index < -0.39 is 0 Å². The van der Waals surface area contributed by atoms with Crippen molar-refractivity contribution >= 4 is 44.1 Å². The van der Waals surface area contributed by atoms with Gasteiger partial charge in [0.1, 0.15) is 28.4 Å². The number of H-pyrrole nitrogens is 3. The summed E-state index contributed by atoms with van der Waals surface area (Å²) in [6.07, 6.45) is 3.58. The van der Waals surface area contributed by atoms with E-state index in [0.717, 1.165) is 55.2 Å². The number of imidazole rings is 1. The molecule has 0 saturated carbocycles. The van der Waals surface area contributed by atoms with Gasteiger partial charge in [0.2, 0.25) is 0 Å². The van der Waals surface area contributed by atoms with Crippen molar-refractivity contribution in [1.82, 2.24) is 49.8 Å². The Labute approximate surface area is 330 Å². The quantitative estimate of drug-likeness (QED) is 0.152. The van der Waals surface area contributed by atoms with Crippen LogP contribution in [-0.2, 0) is 16.2 Å². The fourth-order valence-corrected chi connectivity index (χ4v) is 7.76. The summed E-state index contributed by atoms with van der Waals surface area (Å²) in [5.41, 5.74) is 10.5. The van der Waals surface area contributed by atoms with Crippen LogP contribution < -0.4 is 0 Å². The molecule has 0 radical (unpaired) electrons. The number of nitrogens with zero attached hydrogens (tertiary/aromatic N) is 7. The molecule has 2 aliphatic heterocycles. The van der Waals surface area contributed by atoms with E-state index in [9.17, 15) is 0 Å². The van der Waals surface area contributed by atoms with Gasteiger partial charge in [-0.15, -0.1) is 0 Å². The first-order valence-electron chi connectivity index (χ1n) is 19.5. The summed E-state index contributed by atoms with van der Waals surface area (Å²) in [5.74, 6) is 3.05. The second-order valence-electron chi connectivity index (χ2n) is 18.3. The number of hydrogen-bond donors (Lipinski definition) is 3. The number of nitrogens with one attached hydrogen (secondary N) is 3. The number of hydrogen-bond acceptors (Lipinski definition) is 7. The molecule has 10 nitrogen and oxygen atoms in total. The first kappa shape index (κ1) is 34.9. The first-order chi connectivity index (χ1) is 27.1. The molecule has 4 aromatic carbocycles. The van der Waals surface area contributed by atoms with Gasteiger partial charge < -0.3 is 15.0 Å². The summed E-state index contributed by atoms with van der Waals surface area (Å²) in [5, 5.41) is 3.80. The van der Waals surface area contributed by atoms with Gasteiger partial charge in [0.25, 0.3) is 0 Å². The molecule has 0 unspecified atom stereocenters. The Balaban J connectivity index is 1.37. The van der Waals surface area contributed by atoms with Crippen molar-refractivity contribution in [1.29, 1.82) is 0 Å². The lowest BCUT2D eigenvalue weighted by molar-refractivity contribution is 0.590. The van der Waals surface area contributed by atoms with Gasteiger partial charge in [0, 0.05) is 61.8 Å². The van der Waals surface area contributed by atoms with E-state index in [2.05, 4.69) is 149 Å². The first-order valence-corrected chi connectivity index (χ1v) is 19.5. The predicted molar refractivity (Wildman–Crippen MR) is 230 cm³/mol. The van der Waals surface area contributed by atoms with E-state index in [1.165, 1.54) is 16.7 Å². The molecule has 57 heavy (non-hydrogen) atoms. The molecule has 2 aliphatic rings. The largest absolute Gasteiger partial charge is 0.345 e. The lowest BCUT2D eigenvalue weighted by atomic mass is 9.85. The Morgan fingerprint density at radius 2 is 0.825 bits per heavy atom. The van der Waals surface area contributed by atoms with Crippen molar-refractivity contribution in [2.24, 2.45) is 0 Å². The van der Waals surface area contributed by atoms with Crippen molar-refractivity contribution in [3.05, 3.63) is 102 Å². The summed E-state index contributed by atoms with van der Waals surface area (Å²) < 4.78 is 0. The van der Waals surface area contributed by atoms with E-state index >= 15 is 0 Å². The number of rotatable bonds is 1. The van der Waals surface area contributed by atoms with Gasteiger partial charge in [0.05, 0.1) is 0 Å². The van der Waals surface area contributed by atoms with Crippen molar-refractivity contribution in [3.8, 4) is 56.9 Å². The highest BCUT2D eigenvalue weighted by atomic mass is 15.1. The van der Waals surface area contributed by atoms with Crippen molar-refractivity contribution < 1.29 is 0 Å². The van der Waals surface area contributed by atoms with E-state index in [1.807, 2.05) is 12.3 Å². The van der Waals surface area contributed by atoms with Gasteiger partial charge in [-0.3, -0.25) is 0 Å². The molecule has 4 aromatic heterocycles. The van der Waals surface area contributed by atoms with Crippen LogP contribution >= 0.6 is 0 Å². The van der Waals surface area contributed by atoms with Gasteiger partial charge in [-0.1, -0.05) is 105 Å². The molecule has 0 atom stereocenters. The summed E-state index contributed by atoms with van der Waals surface area (Å²) in [6.45, 7) is 20.0. The molecule has 10 rings (SSSR count). The number of benzene rings is 4. The standard InChI is InChI=1S/C47H44N10/c1-45(2,3)25-11-15-29-33(21-25)43-53-38(29)51-41-32-20-24(36-48-18-19-49-36)10-14-28(32)37(50-41)52-42-34-22-26(46(4,5)6)12-16-30(34)39(54-42)56-44-35-23-27(47(7,8)9)13-17-31(35)40(55-43)57-44/h10-23H,1-9H3,(H,48,49)(H2,50,51,52,53,54,55,56,57). The summed E-state index contributed by atoms with van der Waals surface area (Å²) in [6, 6.07) is 25.8. The van der Waals surface area contributed by atoms with Gasteiger partial charge in [-0.25, -0.2) is 34.9 Å². The van der Waals surface area contributed by atoms with Gasteiger partial charge in [-0.05, 0) is 63.3 Å². The molecular formula is C47H44N10. The molecular weight excluding hydrogens is 705 g/mol. The molecule has 0 fully saturated rings. The van der Waals surface area contributed by atoms with E-state index in [1.54, 1.807) is 6.20 Å². The molecule has 282 valence electrons. The van der Waals surface area contributed by atoms with E-state index in [0.29, 0.717) is 45.9 Å². The van der Waals surface area contributed by atoms with Crippen LogP contribution in [0.4, 0.5) is 0 Å². The van der Waals surface area contributed by atoms with E-state index in [-0.39, 0.29) is 16.2 Å². The Morgan fingerprint density at radius 3 is 1.30 bits per heavy atom. The van der Waals surface area contributed by atoms with Crippen molar-refractivity contribution in [2.45, 2.75) is 78.6 Å². The Morgan fingerprint density at radius 1 is 0.404 bits per heavy atom. The number of aromatic nitrogens is 10. The van der Waals surface area contributed by atoms with Crippen LogP contribution in [-0.4, -0.2) is 49.8 Å². The highest BCUT2D eigenvalue weighted by molar-refractivity contribution is 6.07. The SMILES string of the molecule is CC(C)(C)c1ccc2c(c1)-c1nc-2nc2[nH]c(nc3nc(nc4[nH]c(n1)c1ccc(C(C)(C)C)cc41)-c1ccc(-c4ncc[nH]4)cc1-3)c1ccc(C(C)(C)C)cc21. The maximum absolute atomic E-state index is 5.31. The highest BCUT2D eigenvalue weighted by Gasteiger charge is 2.26. The van der Waals surface area contributed by atoms with Crippen LogP contribution in [0.3, 0.4) is 0 Å². The lowest BCUT2D eigenvalue weighted by Crippen LogP contribution is -2.10. The molecule has 8 bridgehead atoms. The Kier molecular flexibility index (Phi) is 7.33. The number of fused-ring (bicyclic) bond motifs is 20. The molecule has 8 aromatic rings. The maximum Gasteiger partial charge on any atom is 0.164 e. The lowest BCUT2D eigenvalue weighted by Gasteiger charge is -2.19. The monoisotopic (exact) mass is 748 g/mol. The third-order valence-corrected chi connectivity index (χ3v) is 11.2. The fourth-order valence-electron chi connectivity index (χ4n) is 7.76. The minimum Gasteiger partial charge on any atom is -0.345 e. The normalized spacial score (nSPS) is 13.0. The van der Waals surface area contributed by atoms with Gasteiger partial charge >= 0.3 is 0 Å². The topological polar surface area (TPSA) is 138 Å². The minimum atomic E-state index is -0.0802. The molecule has 0 saturated heterocycles. The second-order valence-corrected chi connectivity index (χ2v) is 18.3. The zero-order valence-corrected chi connectivity index (χ0v) is 33.7. The smallest absolute Gasteiger partial charge is 0.164 e. The molecule has 3 N–H and O–H groups in total. The van der Waals surface area contributed by atoms with Crippen LogP contribution in [0, 0.1) is 0 Å². The molecule has 10 heteroatoms. The van der Waals surface area contributed by atoms with Gasteiger partial charge in [0.15, 0.2) is 23.3 Å². The molecule has 6 heterocycles. The average molecular weight is 749 g/mol. The van der Waals surface area contributed by atoms with Crippen LogP contribution in [0.15, 0.2) is 85.2 Å².